The van der Waals surface area contributed by atoms with Crippen molar-refractivity contribution in [2.45, 2.75) is 38.8 Å². The van der Waals surface area contributed by atoms with E-state index in [1.54, 1.807) is 13.8 Å². The highest BCUT2D eigenvalue weighted by Gasteiger charge is 2.35. The summed E-state index contributed by atoms with van der Waals surface area (Å²) in [4.78, 5) is 11.4. The third kappa shape index (κ3) is 2.93. The number of anilines is 2. The first-order valence-electron chi connectivity index (χ1n) is 4.79. The van der Waals surface area contributed by atoms with Gasteiger partial charge in [-0.25, -0.2) is 0 Å². The summed E-state index contributed by atoms with van der Waals surface area (Å²) >= 11 is 5.65. The summed E-state index contributed by atoms with van der Waals surface area (Å²) in [6, 6.07) is 0. The second kappa shape index (κ2) is 4.03. The molecule has 16 heavy (non-hydrogen) atoms. The van der Waals surface area contributed by atoms with Crippen molar-refractivity contribution >= 4 is 23.5 Å². The summed E-state index contributed by atoms with van der Waals surface area (Å²) in [6.45, 7) is 7.01. The number of halogens is 1. The van der Waals surface area contributed by atoms with Crippen molar-refractivity contribution in [3.05, 3.63) is 5.28 Å². The molecule has 0 atom stereocenters. The number of rotatable bonds is 3. The van der Waals surface area contributed by atoms with Crippen LogP contribution in [0, 0.1) is 0 Å². The molecule has 90 valence electrons. The molecule has 0 amide bonds. The lowest BCUT2D eigenvalue weighted by molar-refractivity contribution is 0.0237. The smallest absolute Gasteiger partial charge is 0.229 e. The lowest BCUT2D eigenvalue weighted by Crippen LogP contribution is -2.51. The first-order chi connectivity index (χ1) is 7.12. The monoisotopic (exact) mass is 245 g/mol. The minimum absolute atomic E-state index is 0.0153. The van der Waals surface area contributed by atoms with E-state index in [0.717, 1.165) is 0 Å². The van der Waals surface area contributed by atoms with Gasteiger partial charge in [-0.2, -0.15) is 15.0 Å². The molecule has 0 fully saturated rings. The van der Waals surface area contributed by atoms with Crippen molar-refractivity contribution < 1.29 is 5.11 Å². The Labute approximate surface area is 99.3 Å². The number of nitrogens with one attached hydrogen (secondary N) is 1. The third-order valence-electron chi connectivity index (χ3n) is 2.58. The van der Waals surface area contributed by atoms with E-state index in [2.05, 4.69) is 20.3 Å². The number of aliphatic hydroxyl groups is 1. The zero-order valence-electron chi connectivity index (χ0n) is 9.74. The number of aromatic nitrogens is 3. The zero-order chi connectivity index (χ0) is 12.6. The number of nitrogens with zero attached hydrogens (tertiary/aromatic N) is 3. The molecule has 4 N–H and O–H groups in total. The van der Waals surface area contributed by atoms with Crippen molar-refractivity contribution in [1.29, 1.82) is 0 Å². The van der Waals surface area contributed by atoms with Gasteiger partial charge in [0, 0.05) is 0 Å². The van der Waals surface area contributed by atoms with E-state index < -0.39 is 11.1 Å². The quantitative estimate of drug-likeness (QED) is 0.737. The van der Waals surface area contributed by atoms with E-state index in [-0.39, 0.29) is 17.2 Å². The van der Waals surface area contributed by atoms with Crippen LogP contribution in [0.3, 0.4) is 0 Å². The molecule has 1 aromatic heterocycles. The van der Waals surface area contributed by atoms with Gasteiger partial charge in [-0.15, -0.1) is 0 Å². The van der Waals surface area contributed by atoms with Crippen LogP contribution in [0.4, 0.5) is 11.9 Å². The van der Waals surface area contributed by atoms with Crippen molar-refractivity contribution in [2.75, 3.05) is 11.1 Å². The summed E-state index contributed by atoms with van der Waals surface area (Å²) in [5.74, 6) is 0.277. The second-order valence-electron chi connectivity index (χ2n) is 4.60. The molecule has 0 radical (unpaired) electrons. The molecule has 0 bridgehead atoms. The van der Waals surface area contributed by atoms with Gasteiger partial charge in [0.05, 0.1) is 11.1 Å². The first kappa shape index (κ1) is 12.9. The van der Waals surface area contributed by atoms with E-state index in [1.165, 1.54) is 0 Å². The van der Waals surface area contributed by atoms with E-state index in [1.807, 2.05) is 13.8 Å². The third-order valence-corrected chi connectivity index (χ3v) is 2.75. The van der Waals surface area contributed by atoms with Crippen LogP contribution in [0.1, 0.15) is 27.7 Å². The lowest BCUT2D eigenvalue weighted by Gasteiger charge is -2.37. The lowest BCUT2D eigenvalue weighted by atomic mass is 9.86. The van der Waals surface area contributed by atoms with E-state index in [4.69, 9.17) is 17.3 Å². The fraction of sp³-hybridized carbons (Fsp3) is 0.667. The largest absolute Gasteiger partial charge is 0.388 e. The van der Waals surface area contributed by atoms with Gasteiger partial charge in [0.1, 0.15) is 0 Å². The Balaban J connectivity index is 2.96. The molecular formula is C9H16ClN5O. The highest BCUT2D eigenvalue weighted by atomic mass is 35.5. The Morgan fingerprint density at radius 2 is 1.75 bits per heavy atom. The minimum atomic E-state index is -0.957. The summed E-state index contributed by atoms with van der Waals surface area (Å²) in [5.41, 5.74) is 3.85. The van der Waals surface area contributed by atoms with Crippen LogP contribution in [-0.4, -0.2) is 31.2 Å². The minimum Gasteiger partial charge on any atom is -0.388 e. The maximum atomic E-state index is 9.95. The highest BCUT2D eigenvalue weighted by Crippen LogP contribution is 2.24. The van der Waals surface area contributed by atoms with Crippen LogP contribution in [0.15, 0.2) is 0 Å². The molecule has 0 aliphatic carbocycles. The Hall–Kier alpha value is -1.14. The molecule has 0 aliphatic rings. The number of nitrogen functional groups attached to an aromatic ring is 1. The van der Waals surface area contributed by atoms with Gasteiger partial charge in [0.15, 0.2) is 0 Å². The summed E-state index contributed by atoms with van der Waals surface area (Å²) < 4.78 is 0. The Morgan fingerprint density at radius 3 is 2.19 bits per heavy atom. The Bertz CT molecular complexity index is 368. The van der Waals surface area contributed by atoms with Gasteiger partial charge in [-0.05, 0) is 39.3 Å². The predicted octanol–water partition coefficient (Wildman–Crippen LogP) is 1.07. The molecule has 1 aromatic rings. The SMILES string of the molecule is CC(C)(O)C(C)(C)Nc1nc(N)nc(Cl)n1. The molecule has 0 aromatic carbocycles. The molecule has 0 saturated carbocycles. The highest BCUT2D eigenvalue weighted by molar-refractivity contribution is 6.28. The fourth-order valence-electron chi connectivity index (χ4n) is 0.854. The summed E-state index contributed by atoms with van der Waals surface area (Å²) in [5, 5.41) is 12.9. The van der Waals surface area contributed by atoms with Crippen LogP contribution in [0.25, 0.3) is 0 Å². The normalized spacial score (nSPS) is 12.6. The van der Waals surface area contributed by atoms with E-state index >= 15 is 0 Å². The second-order valence-corrected chi connectivity index (χ2v) is 4.93. The van der Waals surface area contributed by atoms with Crippen molar-refractivity contribution in [3.63, 3.8) is 0 Å². The predicted molar refractivity (Wildman–Crippen MR) is 63.2 cm³/mol. The average molecular weight is 246 g/mol. The summed E-state index contributed by atoms with van der Waals surface area (Å²) in [6.07, 6.45) is 0. The molecular weight excluding hydrogens is 230 g/mol. The van der Waals surface area contributed by atoms with Crippen LogP contribution in [0.5, 0.6) is 0 Å². The summed E-state index contributed by atoms with van der Waals surface area (Å²) in [7, 11) is 0. The Morgan fingerprint density at radius 1 is 1.19 bits per heavy atom. The molecule has 0 unspecified atom stereocenters. The van der Waals surface area contributed by atoms with Gasteiger partial charge in [0.2, 0.25) is 17.2 Å². The molecule has 0 spiro atoms. The molecule has 0 saturated heterocycles. The zero-order valence-corrected chi connectivity index (χ0v) is 10.5. The topological polar surface area (TPSA) is 97.0 Å². The molecule has 7 heteroatoms. The van der Waals surface area contributed by atoms with Gasteiger partial charge in [-0.1, -0.05) is 0 Å². The number of hydrogen-bond acceptors (Lipinski definition) is 6. The standard InChI is InChI=1S/C9H16ClN5O/c1-8(2,9(3,4)16)15-7-13-5(10)12-6(11)14-7/h16H,1-4H3,(H3,11,12,13,14,15). The van der Waals surface area contributed by atoms with Crippen LogP contribution >= 0.6 is 11.6 Å². The van der Waals surface area contributed by atoms with Gasteiger partial charge in [0.25, 0.3) is 0 Å². The number of hydrogen-bond donors (Lipinski definition) is 3. The fourth-order valence-corrected chi connectivity index (χ4v) is 1.02. The van der Waals surface area contributed by atoms with Crippen molar-refractivity contribution in [2.24, 2.45) is 0 Å². The van der Waals surface area contributed by atoms with Crippen molar-refractivity contribution in [1.82, 2.24) is 15.0 Å². The first-order valence-corrected chi connectivity index (χ1v) is 5.17. The van der Waals surface area contributed by atoms with Gasteiger partial charge < -0.3 is 16.2 Å². The van der Waals surface area contributed by atoms with E-state index in [9.17, 15) is 5.11 Å². The average Bonchev–Trinajstić information content (AvgIpc) is 1.97. The number of nitrogens with two attached hydrogens (primary N) is 1. The van der Waals surface area contributed by atoms with Gasteiger partial charge in [-0.3, -0.25) is 0 Å². The van der Waals surface area contributed by atoms with Crippen LogP contribution < -0.4 is 11.1 Å². The van der Waals surface area contributed by atoms with Crippen LogP contribution in [0.2, 0.25) is 5.28 Å². The van der Waals surface area contributed by atoms with E-state index in [0.29, 0.717) is 0 Å². The Kier molecular flexibility index (Phi) is 3.25. The van der Waals surface area contributed by atoms with Crippen LogP contribution in [-0.2, 0) is 0 Å². The molecule has 1 rings (SSSR count). The van der Waals surface area contributed by atoms with Gasteiger partial charge >= 0.3 is 0 Å². The maximum Gasteiger partial charge on any atom is 0.229 e. The van der Waals surface area contributed by atoms with Crippen molar-refractivity contribution in [3.8, 4) is 0 Å². The molecule has 1 heterocycles. The molecule has 6 nitrogen and oxygen atoms in total. The maximum absolute atomic E-state index is 9.95. The molecule has 0 aliphatic heterocycles.